The first-order valence-corrected chi connectivity index (χ1v) is 4.88. The molecule has 1 heterocycles. The third kappa shape index (κ3) is 4.05. The van der Waals surface area contributed by atoms with Crippen molar-refractivity contribution in [2.75, 3.05) is 27.3 Å². The smallest absolute Gasteiger partial charge is 0.129 e. The maximum Gasteiger partial charge on any atom is 0.129 e. The molecule has 0 amide bonds. The van der Waals surface area contributed by atoms with Crippen molar-refractivity contribution in [3.8, 4) is 0 Å². The van der Waals surface area contributed by atoms with Crippen molar-refractivity contribution in [1.82, 2.24) is 9.88 Å². The van der Waals surface area contributed by atoms with E-state index in [-0.39, 0.29) is 0 Å². The first-order chi connectivity index (χ1) is 6.72. The topological polar surface area (TPSA) is 25.4 Å². The van der Waals surface area contributed by atoms with Crippen LogP contribution in [0.2, 0.25) is 5.15 Å². The van der Waals surface area contributed by atoms with E-state index in [1.165, 1.54) is 0 Å². The van der Waals surface area contributed by atoms with Gasteiger partial charge in [-0.3, -0.25) is 4.90 Å². The van der Waals surface area contributed by atoms with Crippen LogP contribution in [0.5, 0.6) is 0 Å². The highest BCUT2D eigenvalue weighted by molar-refractivity contribution is 6.29. The predicted molar refractivity (Wildman–Crippen MR) is 57.5 cm³/mol. The summed E-state index contributed by atoms with van der Waals surface area (Å²) in [6.45, 7) is 2.53. The molecule has 0 aliphatic rings. The quantitative estimate of drug-likeness (QED) is 0.700. The van der Waals surface area contributed by atoms with E-state index in [1.807, 2.05) is 13.1 Å². The molecule has 0 aliphatic heterocycles. The average molecular weight is 215 g/mol. The van der Waals surface area contributed by atoms with Gasteiger partial charge in [-0.1, -0.05) is 17.7 Å². The van der Waals surface area contributed by atoms with Gasteiger partial charge in [0, 0.05) is 26.4 Å². The maximum absolute atomic E-state index is 5.69. The monoisotopic (exact) mass is 214 g/mol. The molecule has 0 saturated carbocycles. The molecular formula is C10H15ClN2O. The minimum Gasteiger partial charge on any atom is -0.383 e. The molecule has 1 aromatic rings. The highest BCUT2D eigenvalue weighted by atomic mass is 35.5. The lowest BCUT2D eigenvalue weighted by Gasteiger charge is -2.15. The largest absolute Gasteiger partial charge is 0.383 e. The summed E-state index contributed by atoms with van der Waals surface area (Å²) < 4.78 is 4.99. The van der Waals surface area contributed by atoms with Crippen molar-refractivity contribution in [2.45, 2.75) is 6.54 Å². The van der Waals surface area contributed by atoms with Crippen LogP contribution in [0.3, 0.4) is 0 Å². The summed E-state index contributed by atoms with van der Waals surface area (Å²) in [6.07, 6.45) is 1.80. The lowest BCUT2D eigenvalue weighted by molar-refractivity contribution is 0.158. The SMILES string of the molecule is COCCN(C)Cc1ccc(Cl)nc1. The fraction of sp³-hybridized carbons (Fsp3) is 0.500. The van der Waals surface area contributed by atoms with Gasteiger partial charge >= 0.3 is 0 Å². The lowest BCUT2D eigenvalue weighted by atomic mass is 10.3. The van der Waals surface area contributed by atoms with Crippen molar-refractivity contribution < 1.29 is 4.74 Å². The fourth-order valence-electron chi connectivity index (χ4n) is 1.14. The van der Waals surface area contributed by atoms with Gasteiger partial charge in [0.15, 0.2) is 0 Å². The molecule has 1 aromatic heterocycles. The summed E-state index contributed by atoms with van der Waals surface area (Å²) in [7, 11) is 3.76. The lowest BCUT2D eigenvalue weighted by Crippen LogP contribution is -2.22. The zero-order valence-corrected chi connectivity index (χ0v) is 9.29. The van der Waals surface area contributed by atoms with E-state index in [2.05, 4.69) is 9.88 Å². The first kappa shape index (κ1) is 11.4. The maximum atomic E-state index is 5.69. The van der Waals surface area contributed by atoms with Gasteiger partial charge in [0.25, 0.3) is 0 Å². The molecule has 0 spiro atoms. The van der Waals surface area contributed by atoms with Gasteiger partial charge < -0.3 is 4.74 Å². The van der Waals surface area contributed by atoms with Crippen LogP contribution in [0, 0.1) is 0 Å². The molecule has 3 nitrogen and oxygen atoms in total. The van der Waals surface area contributed by atoms with E-state index in [4.69, 9.17) is 16.3 Å². The molecule has 0 aromatic carbocycles. The zero-order valence-electron chi connectivity index (χ0n) is 8.53. The number of hydrogen-bond acceptors (Lipinski definition) is 3. The van der Waals surface area contributed by atoms with E-state index in [0.717, 1.165) is 25.3 Å². The number of halogens is 1. The Bertz CT molecular complexity index is 263. The number of pyridine rings is 1. The number of ether oxygens (including phenoxy) is 1. The van der Waals surface area contributed by atoms with Crippen molar-refractivity contribution in [3.63, 3.8) is 0 Å². The molecule has 0 atom stereocenters. The van der Waals surface area contributed by atoms with E-state index >= 15 is 0 Å². The Balaban J connectivity index is 2.39. The van der Waals surface area contributed by atoms with Gasteiger partial charge in [-0.05, 0) is 18.7 Å². The zero-order chi connectivity index (χ0) is 10.4. The third-order valence-corrected chi connectivity index (χ3v) is 2.14. The molecule has 0 fully saturated rings. The van der Waals surface area contributed by atoms with Gasteiger partial charge in [-0.15, -0.1) is 0 Å². The predicted octanol–water partition coefficient (Wildman–Crippen LogP) is 1.81. The Labute approximate surface area is 89.7 Å². The molecule has 78 valence electrons. The molecule has 14 heavy (non-hydrogen) atoms. The van der Waals surface area contributed by atoms with E-state index < -0.39 is 0 Å². The number of likely N-dealkylation sites (N-methyl/N-ethyl adjacent to an activating group) is 1. The summed E-state index contributed by atoms with van der Waals surface area (Å²) in [5.41, 5.74) is 1.16. The minimum absolute atomic E-state index is 0.535. The van der Waals surface area contributed by atoms with Crippen LogP contribution in [0.1, 0.15) is 5.56 Å². The van der Waals surface area contributed by atoms with Gasteiger partial charge in [-0.2, -0.15) is 0 Å². The number of methoxy groups -OCH3 is 1. The van der Waals surface area contributed by atoms with Crippen LogP contribution in [0.4, 0.5) is 0 Å². The molecule has 0 N–H and O–H groups in total. The highest BCUT2D eigenvalue weighted by Gasteiger charge is 1.99. The van der Waals surface area contributed by atoms with Crippen LogP contribution in [0.15, 0.2) is 18.3 Å². The number of hydrogen-bond donors (Lipinski definition) is 0. The van der Waals surface area contributed by atoms with Crippen molar-refractivity contribution in [3.05, 3.63) is 29.0 Å². The number of nitrogens with zero attached hydrogens (tertiary/aromatic N) is 2. The minimum atomic E-state index is 0.535. The van der Waals surface area contributed by atoms with Crippen LogP contribution in [-0.4, -0.2) is 37.2 Å². The first-order valence-electron chi connectivity index (χ1n) is 4.50. The molecule has 1 rings (SSSR count). The van der Waals surface area contributed by atoms with Gasteiger partial charge in [0.2, 0.25) is 0 Å². The molecule has 4 heteroatoms. The second kappa shape index (κ2) is 5.96. The normalized spacial score (nSPS) is 10.9. The van der Waals surface area contributed by atoms with Crippen LogP contribution in [-0.2, 0) is 11.3 Å². The fourth-order valence-corrected chi connectivity index (χ4v) is 1.25. The molecule has 0 radical (unpaired) electrons. The van der Waals surface area contributed by atoms with Crippen molar-refractivity contribution in [1.29, 1.82) is 0 Å². The summed E-state index contributed by atoms with van der Waals surface area (Å²) in [5.74, 6) is 0. The standard InChI is InChI=1S/C10H15ClN2O/c1-13(5-6-14-2)8-9-3-4-10(11)12-7-9/h3-4,7H,5-6,8H2,1-2H3. The van der Waals surface area contributed by atoms with Gasteiger partial charge in [0.05, 0.1) is 6.61 Å². The second-order valence-electron chi connectivity index (χ2n) is 3.22. The van der Waals surface area contributed by atoms with Crippen molar-refractivity contribution >= 4 is 11.6 Å². The summed E-state index contributed by atoms with van der Waals surface area (Å²) in [4.78, 5) is 6.19. The van der Waals surface area contributed by atoms with Crippen LogP contribution < -0.4 is 0 Å². The van der Waals surface area contributed by atoms with E-state index in [1.54, 1.807) is 19.4 Å². The Morgan fingerprint density at radius 2 is 2.29 bits per heavy atom. The van der Waals surface area contributed by atoms with Crippen LogP contribution >= 0.6 is 11.6 Å². The number of aromatic nitrogens is 1. The summed E-state index contributed by atoms with van der Waals surface area (Å²) in [6, 6.07) is 3.79. The Morgan fingerprint density at radius 3 is 2.86 bits per heavy atom. The molecule has 0 bridgehead atoms. The summed E-state index contributed by atoms with van der Waals surface area (Å²) >= 11 is 5.69. The Morgan fingerprint density at radius 1 is 1.50 bits per heavy atom. The van der Waals surface area contributed by atoms with Crippen molar-refractivity contribution in [2.24, 2.45) is 0 Å². The molecule has 0 unspecified atom stereocenters. The average Bonchev–Trinajstić information content (AvgIpc) is 2.18. The Kier molecular flexibility index (Phi) is 4.87. The van der Waals surface area contributed by atoms with Crippen LogP contribution in [0.25, 0.3) is 0 Å². The molecular weight excluding hydrogens is 200 g/mol. The van der Waals surface area contributed by atoms with E-state index in [0.29, 0.717) is 5.15 Å². The summed E-state index contributed by atoms with van der Waals surface area (Å²) in [5, 5.41) is 0.535. The van der Waals surface area contributed by atoms with Gasteiger partial charge in [0.1, 0.15) is 5.15 Å². The van der Waals surface area contributed by atoms with Gasteiger partial charge in [-0.25, -0.2) is 4.98 Å². The highest BCUT2D eigenvalue weighted by Crippen LogP contribution is 2.06. The second-order valence-corrected chi connectivity index (χ2v) is 3.61. The Hall–Kier alpha value is -0.640. The molecule has 0 saturated heterocycles. The molecule has 0 aliphatic carbocycles. The number of rotatable bonds is 5. The van der Waals surface area contributed by atoms with E-state index in [9.17, 15) is 0 Å². The third-order valence-electron chi connectivity index (χ3n) is 1.92.